The highest BCUT2D eigenvalue weighted by Gasteiger charge is 2.13. The Morgan fingerprint density at radius 1 is 0.857 bits per heavy atom. The Balaban J connectivity index is 1.78. The molecule has 28 heavy (non-hydrogen) atoms. The quantitative estimate of drug-likeness (QED) is 0.328. The molecule has 0 spiro atoms. The first-order valence-corrected chi connectivity index (χ1v) is 11.4. The number of ether oxygens (including phenoxy) is 1. The van der Waals surface area contributed by atoms with Crippen molar-refractivity contribution in [1.29, 1.82) is 0 Å². The van der Waals surface area contributed by atoms with E-state index in [1.165, 1.54) is 69.1 Å². The number of benzene rings is 2. The zero-order chi connectivity index (χ0) is 20.4. The summed E-state index contributed by atoms with van der Waals surface area (Å²) in [5.74, 6) is 0.330. The van der Waals surface area contributed by atoms with E-state index < -0.39 is 10.1 Å². The number of hydrogen-bond donors (Lipinski definition) is 2. The van der Waals surface area contributed by atoms with Crippen molar-refractivity contribution in [2.75, 3.05) is 0 Å². The summed E-state index contributed by atoms with van der Waals surface area (Å²) in [6.07, 6.45) is 11.4. The van der Waals surface area contributed by atoms with Gasteiger partial charge in [-0.25, -0.2) is 0 Å². The van der Waals surface area contributed by atoms with Crippen LogP contribution in [0.4, 0.5) is 0 Å². The molecule has 2 aromatic rings. The Morgan fingerprint density at radius 3 is 2.04 bits per heavy atom. The van der Waals surface area contributed by atoms with E-state index in [2.05, 4.69) is 6.92 Å². The fraction of sp³-hybridized carbons (Fsp3) is 0.455. The van der Waals surface area contributed by atoms with Crippen LogP contribution in [0.5, 0.6) is 17.2 Å². The third kappa shape index (κ3) is 7.52. The van der Waals surface area contributed by atoms with Crippen molar-refractivity contribution in [3.05, 3.63) is 48.0 Å². The highest BCUT2D eigenvalue weighted by atomic mass is 32.2. The van der Waals surface area contributed by atoms with Gasteiger partial charge in [0.15, 0.2) is 11.5 Å². The maximum atomic E-state index is 11.1. The topological polar surface area (TPSA) is 83.8 Å². The fourth-order valence-electron chi connectivity index (χ4n) is 3.06. The van der Waals surface area contributed by atoms with Crippen molar-refractivity contribution in [3.63, 3.8) is 0 Å². The van der Waals surface area contributed by atoms with Crippen molar-refractivity contribution in [2.24, 2.45) is 0 Å². The summed E-state index contributed by atoms with van der Waals surface area (Å²) in [5.41, 5.74) is 1.24. The molecule has 5 nitrogen and oxygen atoms in total. The van der Waals surface area contributed by atoms with Crippen LogP contribution in [0, 0.1) is 0 Å². The number of aryl methyl sites for hydroxylation is 1. The third-order valence-electron chi connectivity index (χ3n) is 4.70. The Morgan fingerprint density at radius 2 is 1.46 bits per heavy atom. The van der Waals surface area contributed by atoms with E-state index >= 15 is 0 Å². The van der Waals surface area contributed by atoms with Gasteiger partial charge in [0, 0.05) is 6.07 Å². The van der Waals surface area contributed by atoms with Crippen molar-refractivity contribution in [3.8, 4) is 17.2 Å². The highest BCUT2D eigenvalue weighted by Crippen LogP contribution is 2.32. The molecule has 154 valence electrons. The summed E-state index contributed by atoms with van der Waals surface area (Å²) in [7, 11) is -4.36. The van der Waals surface area contributed by atoms with E-state index in [0.717, 1.165) is 12.5 Å². The molecular formula is C22H30O5S. The molecule has 0 fully saturated rings. The summed E-state index contributed by atoms with van der Waals surface area (Å²) in [6.45, 7) is 2.23. The second-order valence-corrected chi connectivity index (χ2v) is 8.50. The predicted octanol–water partition coefficient (Wildman–Crippen LogP) is 6.11. The molecule has 2 aromatic carbocycles. The first-order valence-electron chi connectivity index (χ1n) is 9.97. The van der Waals surface area contributed by atoms with Crippen molar-refractivity contribution < 1.29 is 22.8 Å². The van der Waals surface area contributed by atoms with Crippen LogP contribution in [0.3, 0.4) is 0 Å². The van der Waals surface area contributed by atoms with Crippen LogP contribution in [0.1, 0.15) is 63.9 Å². The third-order valence-corrected chi connectivity index (χ3v) is 5.55. The van der Waals surface area contributed by atoms with E-state index in [4.69, 9.17) is 9.29 Å². The van der Waals surface area contributed by atoms with Crippen LogP contribution in [0.25, 0.3) is 0 Å². The summed E-state index contributed by atoms with van der Waals surface area (Å²) in [5, 5.41) is 9.90. The number of phenolic OH excluding ortho intramolecular Hbond substituents is 1. The molecule has 0 atom stereocenters. The lowest BCUT2D eigenvalue weighted by Gasteiger charge is -2.09. The first-order chi connectivity index (χ1) is 13.4. The van der Waals surface area contributed by atoms with E-state index in [0.29, 0.717) is 5.75 Å². The Hall–Kier alpha value is -2.05. The highest BCUT2D eigenvalue weighted by molar-refractivity contribution is 7.85. The molecule has 0 unspecified atom stereocenters. The largest absolute Gasteiger partial charge is 0.504 e. The number of aromatic hydroxyl groups is 1. The Labute approximate surface area is 168 Å². The lowest BCUT2D eigenvalue weighted by atomic mass is 10.0. The zero-order valence-corrected chi connectivity index (χ0v) is 17.2. The lowest BCUT2D eigenvalue weighted by molar-refractivity contribution is 0.408. The van der Waals surface area contributed by atoms with Crippen LogP contribution in [0.2, 0.25) is 0 Å². The van der Waals surface area contributed by atoms with Gasteiger partial charge in [-0.1, -0.05) is 64.0 Å². The maximum absolute atomic E-state index is 11.1. The Bertz CT molecular complexity index is 829. The van der Waals surface area contributed by atoms with E-state index in [1.54, 1.807) is 0 Å². The smallest absolute Gasteiger partial charge is 0.294 e. The van der Waals surface area contributed by atoms with Gasteiger partial charge in [-0.05, 0) is 42.7 Å². The minimum atomic E-state index is -4.36. The summed E-state index contributed by atoms with van der Waals surface area (Å²) < 4.78 is 36.8. The van der Waals surface area contributed by atoms with Crippen LogP contribution in [-0.4, -0.2) is 18.1 Å². The van der Waals surface area contributed by atoms with E-state index in [-0.39, 0.29) is 16.4 Å². The molecule has 0 saturated carbocycles. The molecule has 0 heterocycles. The normalized spacial score (nSPS) is 11.5. The van der Waals surface area contributed by atoms with Gasteiger partial charge in [0.25, 0.3) is 10.1 Å². The molecule has 6 heteroatoms. The van der Waals surface area contributed by atoms with Crippen LogP contribution < -0.4 is 4.74 Å². The van der Waals surface area contributed by atoms with Crippen molar-refractivity contribution >= 4 is 10.1 Å². The second-order valence-electron chi connectivity index (χ2n) is 7.08. The average Bonchev–Trinajstić information content (AvgIpc) is 2.66. The van der Waals surface area contributed by atoms with E-state index in [1.807, 2.05) is 24.3 Å². The van der Waals surface area contributed by atoms with Gasteiger partial charge in [0.1, 0.15) is 5.75 Å². The number of phenols is 1. The predicted molar refractivity (Wildman–Crippen MR) is 111 cm³/mol. The van der Waals surface area contributed by atoms with Crippen LogP contribution >= 0.6 is 0 Å². The molecule has 0 aromatic heterocycles. The minimum Gasteiger partial charge on any atom is -0.504 e. The molecule has 0 amide bonds. The standard InChI is InChI=1S/C22H30O5S/c1-2-3-4-5-6-7-8-9-10-18-11-13-19(14-12-18)27-22-16-15-20(17-21(22)23)28(24,25)26/h11-17,23H,2-10H2,1H3,(H,24,25,26). The van der Waals surface area contributed by atoms with Gasteiger partial charge < -0.3 is 9.84 Å². The van der Waals surface area contributed by atoms with Crippen molar-refractivity contribution in [2.45, 2.75) is 69.6 Å². The molecule has 0 aliphatic rings. The molecule has 2 N–H and O–H groups in total. The maximum Gasteiger partial charge on any atom is 0.294 e. The Kier molecular flexibility index (Phi) is 8.80. The zero-order valence-electron chi connectivity index (χ0n) is 16.4. The SMILES string of the molecule is CCCCCCCCCCc1ccc(Oc2ccc(S(=O)(=O)O)cc2O)cc1. The number of unbranched alkanes of at least 4 members (excludes halogenated alkanes) is 7. The molecule has 0 aliphatic carbocycles. The molecular weight excluding hydrogens is 376 g/mol. The minimum absolute atomic E-state index is 0.128. The molecule has 0 radical (unpaired) electrons. The van der Waals surface area contributed by atoms with Gasteiger partial charge in [-0.3, -0.25) is 4.55 Å². The van der Waals surface area contributed by atoms with Gasteiger partial charge in [-0.2, -0.15) is 8.42 Å². The molecule has 0 saturated heterocycles. The number of rotatable bonds is 12. The van der Waals surface area contributed by atoms with Crippen LogP contribution in [0.15, 0.2) is 47.4 Å². The van der Waals surface area contributed by atoms with Gasteiger partial charge in [0.2, 0.25) is 0 Å². The van der Waals surface area contributed by atoms with E-state index in [9.17, 15) is 13.5 Å². The summed E-state index contributed by atoms with van der Waals surface area (Å²) in [6, 6.07) is 11.1. The molecule has 0 aliphatic heterocycles. The number of hydrogen-bond acceptors (Lipinski definition) is 4. The molecule has 2 rings (SSSR count). The van der Waals surface area contributed by atoms with Gasteiger partial charge in [0.05, 0.1) is 4.90 Å². The van der Waals surface area contributed by atoms with Gasteiger partial charge in [-0.15, -0.1) is 0 Å². The second kappa shape index (κ2) is 11.1. The molecule has 0 bridgehead atoms. The van der Waals surface area contributed by atoms with Crippen molar-refractivity contribution in [1.82, 2.24) is 0 Å². The van der Waals surface area contributed by atoms with Gasteiger partial charge >= 0.3 is 0 Å². The monoisotopic (exact) mass is 406 g/mol. The van der Waals surface area contributed by atoms with Crippen LogP contribution in [-0.2, 0) is 16.5 Å². The summed E-state index contributed by atoms with van der Waals surface area (Å²) >= 11 is 0. The first kappa shape index (κ1) is 22.2. The average molecular weight is 407 g/mol. The lowest BCUT2D eigenvalue weighted by Crippen LogP contribution is -1.97. The fourth-order valence-corrected chi connectivity index (χ4v) is 3.56. The summed E-state index contributed by atoms with van der Waals surface area (Å²) in [4.78, 5) is -0.377.